The first-order valence-corrected chi connectivity index (χ1v) is 13.6. The van der Waals surface area contributed by atoms with Crippen LogP contribution in [0.3, 0.4) is 0 Å². The highest BCUT2D eigenvalue weighted by Gasteiger charge is 2.31. The van der Waals surface area contributed by atoms with E-state index in [9.17, 15) is 18.0 Å². The van der Waals surface area contributed by atoms with E-state index < -0.39 is 15.6 Å². The van der Waals surface area contributed by atoms with Gasteiger partial charge in [0, 0.05) is 37.8 Å². The van der Waals surface area contributed by atoms with Crippen molar-refractivity contribution in [2.75, 3.05) is 26.2 Å². The first kappa shape index (κ1) is 26.5. The molecule has 2 heterocycles. The van der Waals surface area contributed by atoms with E-state index in [-0.39, 0.29) is 22.9 Å². The number of benzene rings is 1. The average molecular weight is 494 g/mol. The molecule has 2 fully saturated rings. The Morgan fingerprint density at radius 1 is 1.00 bits per heavy atom. The molecule has 0 saturated carbocycles. The van der Waals surface area contributed by atoms with Gasteiger partial charge < -0.3 is 15.0 Å². The molecule has 2 aliphatic rings. The van der Waals surface area contributed by atoms with E-state index >= 15 is 0 Å². The minimum Gasteiger partial charge on any atom is -0.444 e. The van der Waals surface area contributed by atoms with Gasteiger partial charge in [-0.15, -0.1) is 0 Å². The predicted molar refractivity (Wildman–Crippen MR) is 131 cm³/mol. The van der Waals surface area contributed by atoms with Crippen LogP contribution in [0.1, 0.15) is 74.9 Å². The highest BCUT2D eigenvalue weighted by atomic mass is 32.2. The lowest BCUT2D eigenvalue weighted by molar-refractivity contribution is 0.0199. The minimum atomic E-state index is -3.66. The molecule has 0 radical (unpaired) electrons. The zero-order valence-corrected chi connectivity index (χ0v) is 22.1. The van der Waals surface area contributed by atoms with Gasteiger partial charge in [0.15, 0.2) is 0 Å². The summed E-state index contributed by atoms with van der Waals surface area (Å²) in [7, 11) is -3.66. The van der Waals surface area contributed by atoms with E-state index in [2.05, 4.69) is 12.2 Å². The van der Waals surface area contributed by atoms with Gasteiger partial charge >= 0.3 is 6.09 Å². The minimum absolute atomic E-state index is 0.0866. The Hall–Kier alpha value is -2.13. The summed E-state index contributed by atoms with van der Waals surface area (Å²) in [6.07, 6.45) is 2.59. The van der Waals surface area contributed by atoms with Crippen LogP contribution in [-0.4, -0.2) is 67.4 Å². The summed E-state index contributed by atoms with van der Waals surface area (Å²) >= 11 is 0. The van der Waals surface area contributed by atoms with E-state index in [0.717, 1.165) is 18.4 Å². The first-order valence-electron chi connectivity index (χ1n) is 12.2. The van der Waals surface area contributed by atoms with Crippen molar-refractivity contribution in [2.45, 2.75) is 83.8 Å². The molecule has 190 valence electrons. The highest BCUT2D eigenvalue weighted by molar-refractivity contribution is 7.89. The van der Waals surface area contributed by atoms with Crippen LogP contribution >= 0.6 is 0 Å². The van der Waals surface area contributed by atoms with Gasteiger partial charge in [-0.2, -0.15) is 4.31 Å². The predicted octanol–water partition coefficient (Wildman–Crippen LogP) is 3.85. The van der Waals surface area contributed by atoms with Crippen LogP contribution < -0.4 is 5.32 Å². The van der Waals surface area contributed by atoms with Crippen molar-refractivity contribution in [3.63, 3.8) is 0 Å². The summed E-state index contributed by atoms with van der Waals surface area (Å²) in [5, 5.41) is 3.03. The molecule has 3 rings (SSSR count). The second kappa shape index (κ2) is 10.2. The molecular weight excluding hydrogens is 454 g/mol. The van der Waals surface area contributed by atoms with Gasteiger partial charge in [-0.05, 0) is 89.5 Å². The second-order valence-electron chi connectivity index (χ2n) is 10.7. The Bertz CT molecular complexity index is 1020. The van der Waals surface area contributed by atoms with Gasteiger partial charge in [-0.3, -0.25) is 4.79 Å². The van der Waals surface area contributed by atoms with Crippen LogP contribution in [0.4, 0.5) is 4.79 Å². The number of likely N-dealkylation sites (tertiary alicyclic amines) is 1. The molecule has 0 spiro atoms. The lowest BCUT2D eigenvalue weighted by Crippen LogP contribution is -2.47. The van der Waals surface area contributed by atoms with Crippen molar-refractivity contribution in [3.05, 3.63) is 28.8 Å². The van der Waals surface area contributed by atoms with Crippen molar-refractivity contribution < 1.29 is 22.7 Å². The third-order valence-corrected chi connectivity index (χ3v) is 8.75. The smallest absolute Gasteiger partial charge is 0.410 e. The molecule has 34 heavy (non-hydrogen) atoms. The second-order valence-corrected chi connectivity index (χ2v) is 12.6. The maximum Gasteiger partial charge on any atom is 0.410 e. The fourth-order valence-corrected chi connectivity index (χ4v) is 6.19. The van der Waals surface area contributed by atoms with Gasteiger partial charge in [0.25, 0.3) is 5.91 Å². The van der Waals surface area contributed by atoms with Crippen molar-refractivity contribution in [1.29, 1.82) is 0 Å². The number of piperidine rings is 2. The van der Waals surface area contributed by atoms with Crippen molar-refractivity contribution in [3.8, 4) is 0 Å². The highest BCUT2D eigenvalue weighted by Crippen LogP contribution is 2.28. The number of nitrogens with zero attached hydrogens (tertiary/aromatic N) is 2. The fraction of sp³-hybridized carbons (Fsp3) is 0.680. The molecule has 0 bridgehead atoms. The number of amides is 2. The number of rotatable bonds is 4. The maximum atomic E-state index is 13.4. The largest absolute Gasteiger partial charge is 0.444 e. The van der Waals surface area contributed by atoms with Gasteiger partial charge in [0.2, 0.25) is 10.0 Å². The molecule has 0 unspecified atom stereocenters. The summed E-state index contributed by atoms with van der Waals surface area (Å²) < 4.78 is 33.7. The molecule has 0 atom stereocenters. The number of hydrogen-bond acceptors (Lipinski definition) is 5. The van der Waals surface area contributed by atoms with Crippen molar-refractivity contribution in [1.82, 2.24) is 14.5 Å². The Labute approximate surface area is 204 Å². The Morgan fingerprint density at radius 2 is 1.59 bits per heavy atom. The zero-order chi connectivity index (χ0) is 25.3. The maximum absolute atomic E-state index is 13.4. The third-order valence-electron chi connectivity index (χ3n) is 6.72. The van der Waals surface area contributed by atoms with Gasteiger partial charge in [0.1, 0.15) is 5.60 Å². The zero-order valence-electron chi connectivity index (χ0n) is 21.3. The Kier molecular flexibility index (Phi) is 7.97. The summed E-state index contributed by atoms with van der Waals surface area (Å²) in [5.74, 6) is 0.232. The van der Waals surface area contributed by atoms with Crippen molar-refractivity contribution in [2.24, 2.45) is 5.92 Å². The molecule has 1 aromatic rings. The Balaban J connectivity index is 1.68. The molecule has 8 nitrogen and oxygen atoms in total. The number of carbonyl (C=O) groups is 2. The van der Waals surface area contributed by atoms with E-state index in [1.165, 1.54) is 6.07 Å². The quantitative estimate of drug-likeness (QED) is 0.687. The third kappa shape index (κ3) is 6.30. The van der Waals surface area contributed by atoms with Crippen LogP contribution in [0, 0.1) is 19.8 Å². The first-order chi connectivity index (χ1) is 15.8. The molecular formula is C25H39N3O5S. The number of hydrogen-bond donors (Lipinski definition) is 1. The molecule has 0 aromatic heterocycles. The van der Waals surface area contributed by atoms with Crippen molar-refractivity contribution >= 4 is 22.0 Å². The molecule has 2 amide bonds. The molecule has 0 aliphatic carbocycles. The Morgan fingerprint density at radius 3 is 2.15 bits per heavy atom. The standard InChI is InChI=1S/C25H39N3O5S/c1-17-7-13-28(14-8-17)34(31,32)22-16-20(15-18(2)19(22)3)23(29)26-21-9-11-27(12-10-21)24(30)33-25(4,5)6/h15-17,21H,7-14H2,1-6H3,(H,26,29). The van der Waals surface area contributed by atoms with Crippen LogP contribution in [0.15, 0.2) is 17.0 Å². The molecule has 1 aromatic carbocycles. The summed E-state index contributed by atoms with van der Waals surface area (Å²) in [6.45, 7) is 13.3. The normalized spacial score (nSPS) is 19.2. The number of ether oxygens (including phenoxy) is 1. The van der Waals surface area contributed by atoms with E-state index in [1.807, 2.05) is 27.7 Å². The van der Waals surface area contributed by atoms with Gasteiger partial charge in [0.05, 0.1) is 4.90 Å². The lowest BCUT2D eigenvalue weighted by Gasteiger charge is -2.33. The lowest BCUT2D eigenvalue weighted by atomic mass is 10.0. The van der Waals surface area contributed by atoms with Gasteiger partial charge in [-0.1, -0.05) is 6.92 Å². The molecule has 2 saturated heterocycles. The fourth-order valence-electron chi connectivity index (χ4n) is 4.39. The summed E-state index contributed by atoms with van der Waals surface area (Å²) in [6, 6.07) is 3.18. The number of sulfonamides is 1. The van der Waals surface area contributed by atoms with Gasteiger partial charge in [-0.25, -0.2) is 13.2 Å². The molecule has 1 N–H and O–H groups in total. The monoisotopic (exact) mass is 493 g/mol. The van der Waals surface area contributed by atoms with E-state index in [1.54, 1.807) is 22.2 Å². The SMILES string of the molecule is Cc1cc(C(=O)NC2CCN(C(=O)OC(C)(C)C)CC2)cc(S(=O)(=O)N2CCC(C)CC2)c1C. The summed E-state index contributed by atoms with van der Waals surface area (Å²) in [5.41, 5.74) is 1.26. The number of nitrogens with one attached hydrogen (secondary N) is 1. The van der Waals surface area contributed by atoms with Crippen LogP contribution in [0.2, 0.25) is 0 Å². The van der Waals surface area contributed by atoms with E-state index in [0.29, 0.717) is 56.1 Å². The number of aryl methyl sites for hydroxylation is 1. The van der Waals surface area contributed by atoms with E-state index in [4.69, 9.17) is 4.74 Å². The topological polar surface area (TPSA) is 96.0 Å². The average Bonchev–Trinajstić information content (AvgIpc) is 2.75. The van der Waals surface area contributed by atoms with Crippen LogP contribution in [-0.2, 0) is 14.8 Å². The summed E-state index contributed by atoms with van der Waals surface area (Å²) in [4.78, 5) is 27.2. The van der Waals surface area contributed by atoms with Crippen LogP contribution in [0.5, 0.6) is 0 Å². The van der Waals surface area contributed by atoms with Crippen LogP contribution in [0.25, 0.3) is 0 Å². The number of carbonyl (C=O) groups excluding carboxylic acids is 2. The molecule has 2 aliphatic heterocycles. The molecule has 9 heteroatoms.